The van der Waals surface area contributed by atoms with Gasteiger partial charge in [0.2, 0.25) is 5.91 Å². The lowest BCUT2D eigenvalue weighted by Gasteiger charge is -2.06. The van der Waals surface area contributed by atoms with E-state index >= 15 is 0 Å². The summed E-state index contributed by atoms with van der Waals surface area (Å²) in [6, 6.07) is 15.1. The van der Waals surface area contributed by atoms with Crippen molar-refractivity contribution < 1.29 is 9.59 Å². The fourth-order valence-corrected chi connectivity index (χ4v) is 3.50. The maximum absolute atomic E-state index is 12.2. The molecule has 0 fully saturated rings. The van der Waals surface area contributed by atoms with Gasteiger partial charge >= 0.3 is 0 Å². The summed E-state index contributed by atoms with van der Waals surface area (Å²) in [4.78, 5) is 27.9. The van der Waals surface area contributed by atoms with E-state index in [1.807, 2.05) is 60.8 Å². The molecule has 0 aliphatic rings. The molecule has 2 aromatic carbocycles. The van der Waals surface area contributed by atoms with Crippen LogP contribution < -0.4 is 10.6 Å². The highest BCUT2D eigenvalue weighted by Crippen LogP contribution is 2.23. The number of carbonyl (C=O) groups is 2. The molecule has 5 nitrogen and oxygen atoms in total. The number of carbonyl (C=O) groups excluding carboxylic acids is 2. The molecule has 0 aliphatic heterocycles. The first-order chi connectivity index (χ1) is 13.0. The number of anilines is 1. The molecule has 0 unspecified atom stereocenters. The van der Waals surface area contributed by atoms with Gasteiger partial charge in [-0.15, -0.1) is 11.3 Å². The van der Waals surface area contributed by atoms with Crippen molar-refractivity contribution in [3.05, 3.63) is 70.0 Å². The molecule has 3 aromatic rings. The van der Waals surface area contributed by atoms with Crippen LogP contribution in [0.1, 0.15) is 27.9 Å². The SMILES string of the molecule is CC(=O)Nc1ccc(-c2csc(CCNC(=O)c3ccccc3C)n2)cc1. The molecule has 1 heterocycles. The average molecular weight is 379 g/mol. The maximum atomic E-state index is 12.2. The summed E-state index contributed by atoms with van der Waals surface area (Å²) in [6.07, 6.45) is 0.687. The first-order valence-electron chi connectivity index (χ1n) is 8.69. The number of nitrogens with one attached hydrogen (secondary N) is 2. The van der Waals surface area contributed by atoms with E-state index in [4.69, 9.17) is 0 Å². The van der Waals surface area contributed by atoms with E-state index < -0.39 is 0 Å². The Kier molecular flexibility index (Phi) is 5.98. The zero-order valence-corrected chi connectivity index (χ0v) is 16.1. The van der Waals surface area contributed by atoms with Gasteiger partial charge in [0.25, 0.3) is 5.91 Å². The second kappa shape index (κ2) is 8.60. The first kappa shape index (κ1) is 18.8. The molecule has 6 heteroatoms. The number of aryl methyl sites for hydroxylation is 1. The second-order valence-corrected chi connectivity index (χ2v) is 7.15. The van der Waals surface area contributed by atoms with Gasteiger partial charge in [-0.3, -0.25) is 9.59 Å². The molecule has 2 N–H and O–H groups in total. The highest BCUT2D eigenvalue weighted by atomic mass is 32.1. The number of benzene rings is 2. The van der Waals surface area contributed by atoms with E-state index in [2.05, 4.69) is 15.6 Å². The number of rotatable bonds is 6. The van der Waals surface area contributed by atoms with Crippen LogP contribution in [-0.2, 0) is 11.2 Å². The minimum Gasteiger partial charge on any atom is -0.352 e. The zero-order chi connectivity index (χ0) is 19.2. The molecule has 2 amide bonds. The fraction of sp³-hybridized carbons (Fsp3) is 0.190. The molecule has 0 spiro atoms. The Morgan fingerprint density at radius 3 is 2.52 bits per heavy atom. The van der Waals surface area contributed by atoms with Gasteiger partial charge in [0.05, 0.1) is 10.7 Å². The number of nitrogens with zero attached hydrogens (tertiary/aromatic N) is 1. The van der Waals surface area contributed by atoms with Gasteiger partial charge in [-0.1, -0.05) is 30.3 Å². The standard InChI is InChI=1S/C21H21N3O2S/c1-14-5-3-4-6-18(14)21(26)22-12-11-20-24-19(13-27-20)16-7-9-17(10-8-16)23-15(2)25/h3-10,13H,11-12H2,1-2H3,(H,22,26)(H,23,25). The Bertz CT molecular complexity index is 948. The number of aromatic nitrogens is 1. The van der Waals surface area contributed by atoms with Gasteiger partial charge in [0.15, 0.2) is 0 Å². The number of amides is 2. The predicted molar refractivity (Wildman–Crippen MR) is 109 cm³/mol. The number of hydrogen-bond donors (Lipinski definition) is 2. The molecule has 0 saturated heterocycles. The topological polar surface area (TPSA) is 71.1 Å². The molecule has 1 aromatic heterocycles. The Morgan fingerprint density at radius 2 is 1.81 bits per heavy atom. The maximum Gasteiger partial charge on any atom is 0.251 e. The molecule has 0 saturated carbocycles. The van der Waals surface area contributed by atoms with Crippen LogP contribution in [-0.4, -0.2) is 23.3 Å². The van der Waals surface area contributed by atoms with Gasteiger partial charge in [0, 0.05) is 42.1 Å². The molecular formula is C21H21N3O2S. The summed E-state index contributed by atoms with van der Waals surface area (Å²) in [5.41, 5.74) is 4.33. The van der Waals surface area contributed by atoms with Gasteiger partial charge in [-0.25, -0.2) is 4.98 Å². The molecule has 3 rings (SSSR count). The summed E-state index contributed by atoms with van der Waals surface area (Å²) in [5.74, 6) is -0.148. The highest BCUT2D eigenvalue weighted by Gasteiger charge is 2.09. The molecule has 0 aliphatic carbocycles. The molecular weight excluding hydrogens is 358 g/mol. The third-order valence-electron chi connectivity index (χ3n) is 4.07. The van der Waals surface area contributed by atoms with Crippen LogP contribution in [0.5, 0.6) is 0 Å². The summed E-state index contributed by atoms with van der Waals surface area (Å²) < 4.78 is 0. The van der Waals surface area contributed by atoms with E-state index in [0.717, 1.165) is 27.5 Å². The van der Waals surface area contributed by atoms with Crippen LogP contribution in [0.4, 0.5) is 5.69 Å². The monoisotopic (exact) mass is 379 g/mol. The van der Waals surface area contributed by atoms with Crippen molar-refractivity contribution in [2.45, 2.75) is 20.3 Å². The Balaban J connectivity index is 1.56. The van der Waals surface area contributed by atoms with Crippen molar-refractivity contribution in [3.8, 4) is 11.3 Å². The van der Waals surface area contributed by atoms with Crippen molar-refractivity contribution >= 4 is 28.8 Å². The van der Waals surface area contributed by atoms with E-state index in [0.29, 0.717) is 18.5 Å². The fourth-order valence-electron chi connectivity index (χ4n) is 2.69. The summed E-state index contributed by atoms with van der Waals surface area (Å²) in [6.45, 7) is 3.96. The quantitative estimate of drug-likeness (QED) is 0.679. The number of hydrogen-bond acceptors (Lipinski definition) is 4. The van der Waals surface area contributed by atoms with Crippen LogP contribution in [0, 0.1) is 6.92 Å². The molecule has 0 radical (unpaired) electrons. The van der Waals surface area contributed by atoms with Crippen LogP contribution in [0.15, 0.2) is 53.9 Å². The van der Waals surface area contributed by atoms with Crippen LogP contribution in [0.25, 0.3) is 11.3 Å². The van der Waals surface area contributed by atoms with Crippen LogP contribution >= 0.6 is 11.3 Å². The van der Waals surface area contributed by atoms with Crippen LogP contribution in [0.2, 0.25) is 0 Å². The minimum atomic E-state index is -0.0913. The Hall–Kier alpha value is -2.99. The lowest BCUT2D eigenvalue weighted by atomic mass is 10.1. The Labute approximate surface area is 162 Å². The molecule has 27 heavy (non-hydrogen) atoms. The first-order valence-corrected chi connectivity index (χ1v) is 9.57. The normalized spacial score (nSPS) is 10.4. The lowest BCUT2D eigenvalue weighted by Crippen LogP contribution is -2.26. The third kappa shape index (κ3) is 5.01. The van der Waals surface area contributed by atoms with E-state index in [1.165, 1.54) is 6.92 Å². The average Bonchev–Trinajstić information content (AvgIpc) is 3.11. The molecule has 0 atom stereocenters. The van der Waals surface area contributed by atoms with E-state index in [9.17, 15) is 9.59 Å². The molecule has 0 bridgehead atoms. The largest absolute Gasteiger partial charge is 0.352 e. The van der Waals surface area contributed by atoms with Crippen molar-refractivity contribution in [1.82, 2.24) is 10.3 Å². The van der Waals surface area contributed by atoms with Crippen molar-refractivity contribution in [2.24, 2.45) is 0 Å². The van der Waals surface area contributed by atoms with Crippen molar-refractivity contribution in [1.29, 1.82) is 0 Å². The smallest absolute Gasteiger partial charge is 0.251 e. The van der Waals surface area contributed by atoms with Gasteiger partial charge < -0.3 is 10.6 Å². The lowest BCUT2D eigenvalue weighted by molar-refractivity contribution is -0.114. The van der Waals surface area contributed by atoms with Crippen molar-refractivity contribution in [3.63, 3.8) is 0 Å². The third-order valence-corrected chi connectivity index (χ3v) is 4.98. The number of thiazole rings is 1. The van der Waals surface area contributed by atoms with Gasteiger partial charge in [-0.2, -0.15) is 0 Å². The summed E-state index contributed by atoms with van der Waals surface area (Å²) in [7, 11) is 0. The summed E-state index contributed by atoms with van der Waals surface area (Å²) in [5, 5.41) is 8.68. The van der Waals surface area contributed by atoms with E-state index in [-0.39, 0.29) is 11.8 Å². The van der Waals surface area contributed by atoms with Gasteiger partial charge in [-0.05, 0) is 30.7 Å². The summed E-state index contributed by atoms with van der Waals surface area (Å²) >= 11 is 1.58. The highest BCUT2D eigenvalue weighted by molar-refractivity contribution is 7.09. The zero-order valence-electron chi connectivity index (χ0n) is 15.3. The minimum absolute atomic E-state index is 0.0570. The van der Waals surface area contributed by atoms with Gasteiger partial charge in [0.1, 0.15) is 0 Å². The van der Waals surface area contributed by atoms with Crippen molar-refractivity contribution in [2.75, 3.05) is 11.9 Å². The second-order valence-electron chi connectivity index (χ2n) is 6.21. The van der Waals surface area contributed by atoms with E-state index in [1.54, 1.807) is 11.3 Å². The predicted octanol–water partition coefficient (Wildman–Crippen LogP) is 4.05. The Morgan fingerprint density at radius 1 is 1.07 bits per heavy atom. The van der Waals surface area contributed by atoms with Crippen LogP contribution in [0.3, 0.4) is 0 Å². The molecule has 138 valence electrons.